The fourth-order valence-corrected chi connectivity index (χ4v) is 1.75. The molecule has 0 radical (unpaired) electrons. The summed E-state index contributed by atoms with van der Waals surface area (Å²) in [6.45, 7) is 2.16. The summed E-state index contributed by atoms with van der Waals surface area (Å²) in [5.41, 5.74) is 1.65. The smallest absolute Gasteiger partial charge is 0.306 e. The van der Waals surface area contributed by atoms with Crippen molar-refractivity contribution in [3.05, 3.63) is 29.8 Å². The number of aliphatic carboxylic acids is 1. The quantitative estimate of drug-likeness (QED) is 0.748. The highest BCUT2D eigenvalue weighted by molar-refractivity contribution is 5.94. The number of amides is 1. The van der Waals surface area contributed by atoms with Gasteiger partial charge in [0.15, 0.2) is 0 Å². The molecule has 1 atom stereocenters. The average molecular weight is 278 g/mol. The van der Waals surface area contributed by atoms with Crippen LogP contribution >= 0.6 is 0 Å². The second-order valence-electron chi connectivity index (χ2n) is 5.08. The molecule has 2 N–H and O–H groups in total. The van der Waals surface area contributed by atoms with Gasteiger partial charge in [-0.1, -0.05) is 6.92 Å². The third kappa shape index (κ3) is 4.91. The van der Waals surface area contributed by atoms with Crippen LogP contribution in [0.5, 0.6) is 0 Å². The van der Waals surface area contributed by atoms with Crippen molar-refractivity contribution >= 4 is 17.6 Å². The lowest BCUT2D eigenvalue weighted by Crippen LogP contribution is -2.25. The number of hydrogen-bond acceptors (Lipinski definition) is 3. The number of nitrogens with one attached hydrogen (secondary N) is 1. The van der Waals surface area contributed by atoms with Crippen molar-refractivity contribution in [1.82, 2.24) is 5.32 Å². The molecule has 1 amide bonds. The van der Waals surface area contributed by atoms with E-state index in [0.29, 0.717) is 24.9 Å². The van der Waals surface area contributed by atoms with Crippen molar-refractivity contribution in [2.45, 2.75) is 19.8 Å². The Bertz CT molecular complexity index is 455. The highest BCUT2D eigenvalue weighted by Gasteiger charge is 2.10. The number of carboxylic acids is 1. The number of carbonyl (C=O) groups excluding carboxylic acids is 1. The molecule has 0 saturated carbocycles. The van der Waals surface area contributed by atoms with E-state index in [9.17, 15) is 9.59 Å². The predicted molar refractivity (Wildman–Crippen MR) is 79.1 cm³/mol. The van der Waals surface area contributed by atoms with Crippen molar-refractivity contribution in [1.29, 1.82) is 0 Å². The zero-order valence-electron chi connectivity index (χ0n) is 12.2. The highest BCUT2D eigenvalue weighted by Crippen LogP contribution is 2.12. The Labute approximate surface area is 119 Å². The topological polar surface area (TPSA) is 69.6 Å². The molecule has 0 spiro atoms. The number of benzene rings is 1. The van der Waals surface area contributed by atoms with Crippen molar-refractivity contribution in [3.8, 4) is 0 Å². The Morgan fingerprint density at radius 2 is 1.85 bits per heavy atom. The molecular weight excluding hydrogens is 256 g/mol. The molecule has 1 unspecified atom stereocenters. The lowest BCUT2D eigenvalue weighted by molar-refractivity contribution is -0.141. The van der Waals surface area contributed by atoms with E-state index in [1.807, 2.05) is 31.1 Å². The van der Waals surface area contributed by atoms with Gasteiger partial charge < -0.3 is 15.3 Å². The molecule has 5 nitrogen and oxygen atoms in total. The maximum Gasteiger partial charge on any atom is 0.306 e. The monoisotopic (exact) mass is 278 g/mol. The number of nitrogens with zero attached hydrogens (tertiary/aromatic N) is 1. The molecule has 0 aromatic heterocycles. The van der Waals surface area contributed by atoms with Gasteiger partial charge in [0.25, 0.3) is 5.91 Å². The summed E-state index contributed by atoms with van der Waals surface area (Å²) < 4.78 is 0. The van der Waals surface area contributed by atoms with Crippen LogP contribution < -0.4 is 10.2 Å². The first-order valence-electron chi connectivity index (χ1n) is 6.70. The van der Waals surface area contributed by atoms with Crippen molar-refractivity contribution in [2.75, 3.05) is 25.5 Å². The third-order valence-corrected chi connectivity index (χ3v) is 3.17. The van der Waals surface area contributed by atoms with Gasteiger partial charge >= 0.3 is 5.97 Å². The first-order chi connectivity index (χ1) is 9.41. The Kier molecular flexibility index (Phi) is 6.03. The lowest BCUT2D eigenvalue weighted by atomic mass is 10.1. The minimum absolute atomic E-state index is 0.127. The molecule has 0 aliphatic rings. The molecule has 1 aromatic rings. The SMILES string of the molecule is CC(CCCNC(=O)c1ccc(N(C)C)cc1)C(=O)O. The van der Waals surface area contributed by atoms with Crippen LogP contribution in [0, 0.1) is 5.92 Å². The number of carbonyl (C=O) groups is 2. The van der Waals surface area contributed by atoms with Crippen LogP contribution in [-0.2, 0) is 4.79 Å². The van der Waals surface area contributed by atoms with E-state index in [0.717, 1.165) is 5.69 Å². The molecule has 0 aliphatic carbocycles. The number of carboxylic acid groups (broad SMARTS) is 1. The van der Waals surface area contributed by atoms with Gasteiger partial charge in [-0.25, -0.2) is 0 Å². The minimum Gasteiger partial charge on any atom is -0.481 e. The first-order valence-corrected chi connectivity index (χ1v) is 6.70. The lowest BCUT2D eigenvalue weighted by Gasteiger charge is -2.12. The van der Waals surface area contributed by atoms with Gasteiger partial charge in [-0.05, 0) is 37.1 Å². The number of hydrogen-bond donors (Lipinski definition) is 2. The van der Waals surface area contributed by atoms with Crippen LogP contribution in [0.4, 0.5) is 5.69 Å². The van der Waals surface area contributed by atoms with E-state index < -0.39 is 5.97 Å². The van der Waals surface area contributed by atoms with Crippen LogP contribution in [0.2, 0.25) is 0 Å². The predicted octanol–water partition coefficient (Wildman–Crippen LogP) is 1.98. The van der Waals surface area contributed by atoms with E-state index in [4.69, 9.17) is 5.11 Å². The fourth-order valence-electron chi connectivity index (χ4n) is 1.75. The van der Waals surface area contributed by atoms with Crippen LogP contribution in [0.25, 0.3) is 0 Å². The van der Waals surface area contributed by atoms with Gasteiger partial charge in [0, 0.05) is 31.9 Å². The van der Waals surface area contributed by atoms with Gasteiger partial charge in [-0.2, -0.15) is 0 Å². The maximum absolute atomic E-state index is 11.9. The normalized spacial score (nSPS) is 11.8. The van der Waals surface area contributed by atoms with E-state index in [1.54, 1.807) is 19.1 Å². The molecule has 20 heavy (non-hydrogen) atoms. The zero-order chi connectivity index (χ0) is 15.1. The number of rotatable bonds is 7. The summed E-state index contributed by atoms with van der Waals surface area (Å²) in [5, 5.41) is 11.5. The van der Waals surface area contributed by atoms with Gasteiger partial charge in [0.2, 0.25) is 0 Å². The third-order valence-electron chi connectivity index (χ3n) is 3.17. The summed E-state index contributed by atoms with van der Waals surface area (Å²) in [7, 11) is 3.89. The molecule has 0 fully saturated rings. The largest absolute Gasteiger partial charge is 0.481 e. The molecule has 5 heteroatoms. The van der Waals surface area contributed by atoms with Crippen molar-refractivity contribution in [3.63, 3.8) is 0 Å². The zero-order valence-corrected chi connectivity index (χ0v) is 12.2. The molecule has 110 valence electrons. The summed E-state index contributed by atoms with van der Waals surface area (Å²) in [5.74, 6) is -1.29. The Hall–Kier alpha value is -2.04. The molecule has 0 bridgehead atoms. The van der Waals surface area contributed by atoms with Crippen molar-refractivity contribution in [2.24, 2.45) is 5.92 Å². The van der Waals surface area contributed by atoms with Gasteiger partial charge in [0.1, 0.15) is 0 Å². The van der Waals surface area contributed by atoms with Crippen LogP contribution in [0.1, 0.15) is 30.1 Å². The molecule has 0 heterocycles. The summed E-state index contributed by atoms with van der Waals surface area (Å²) in [6, 6.07) is 7.35. The fraction of sp³-hybridized carbons (Fsp3) is 0.467. The summed E-state index contributed by atoms with van der Waals surface area (Å²) >= 11 is 0. The van der Waals surface area contributed by atoms with E-state index in [-0.39, 0.29) is 11.8 Å². The Morgan fingerprint density at radius 3 is 2.35 bits per heavy atom. The second kappa shape index (κ2) is 7.53. The maximum atomic E-state index is 11.9. The van der Waals surface area contributed by atoms with E-state index in [1.165, 1.54) is 0 Å². The Morgan fingerprint density at radius 1 is 1.25 bits per heavy atom. The van der Waals surface area contributed by atoms with E-state index >= 15 is 0 Å². The van der Waals surface area contributed by atoms with Crippen molar-refractivity contribution < 1.29 is 14.7 Å². The summed E-state index contributed by atoms with van der Waals surface area (Å²) in [6.07, 6.45) is 1.23. The Balaban J connectivity index is 2.37. The summed E-state index contributed by atoms with van der Waals surface area (Å²) in [4.78, 5) is 24.5. The molecule has 1 rings (SSSR count). The van der Waals surface area contributed by atoms with Crippen LogP contribution in [0.3, 0.4) is 0 Å². The molecule has 0 aliphatic heterocycles. The van der Waals surface area contributed by atoms with Gasteiger partial charge in [0.05, 0.1) is 5.92 Å². The first kappa shape index (κ1) is 16.0. The highest BCUT2D eigenvalue weighted by atomic mass is 16.4. The number of anilines is 1. The van der Waals surface area contributed by atoms with Crippen LogP contribution in [0.15, 0.2) is 24.3 Å². The van der Waals surface area contributed by atoms with Gasteiger partial charge in [-0.3, -0.25) is 9.59 Å². The van der Waals surface area contributed by atoms with E-state index in [2.05, 4.69) is 5.32 Å². The van der Waals surface area contributed by atoms with Crippen LogP contribution in [-0.4, -0.2) is 37.6 Å². The molecule has 1 aromatic carbocycles. The standard InChI is InChI=1S/C15H22N2O3/c1-11(15(19)20)5-4-10-16-14(18)12-6-8-13(9-7-12)17(2)3/h6-9,11H,4-5,10H2,1-3H3,(H,16,18)(H,19,20). The van der Waals surface area contributed by atoms with Gasteiger partial charge in [-0.15, -0.1) is 0 Å². The average Bonchev–Trinajstić information content (AvgIpc) is 2.43. The minimum atomic E-state index is -0.796. The molecular formula is C15H22N2O3. The molecule has 0 saturated heterocycles. The second-order valence-corrected chi connectivity index (χ2v) is 5.08.